The number of carbonyl (C=O) groups excluding carboxylic acids is 2. The Balaban J connectivity index is 1.65. The van der Waals surface area contributed by atoms with Gasteiger partial charge in [0.15, 0.2) is 0 Å². The van der Waals surface area contributed by atoms with Crippen LogP contribution in [0.1, 0.15) is 24.0 Å². The molecule has 0 saturated carbocycles. The molecule has 1 atom stereocenters. The highest BCUT2D eigenvalue weighted by Crippen LogP contribution is 2.28. The van der Waals surface area contributed by atoms with Gasteiger partial charge in [0.2, 0.25) is 0 Å². The third kappa shape index (κ3) is 2.86. The molecule has 0 aromatic heterocycles. The van der Waals surface area contributed by atoms with Gasteiger partial charge in [-0.05, 0) is 43.4 Å². The van der Waals surface area contributed by atoms with Gasteiger partial charge >= 0.3 is 11.8 Å². The van der Waals surface area contributed by atoms with Crippen molar-refractivity contribution in [3.05, 3.63) is 35.4 Å². The van der Waals surface area contributed by atoms with Crippen molar-refractivity contribution in [1.29, 1.82) is 0 Å². The Morgan fingerprint density at radius 1 is 1.23 bits per heavy atom. The topological polar surface area (TPSA) is 66.6 Å². The molecule has 1 saturated heterocycles. The van der Waals surface area contributed by atoms with Crippen LogP contribution in [0.25, 0.3) is 0 Å². The average Bonchev–Trinajstić information content (AvgIpc) is 2.97. The molecule has 2 aliphatic rings. The van der Waals surface area contributed by atoms with E-state index < -0.39 is 11.8 Å². The van der Waals surface area contributed by atoms with Crippen LogP contribution in [0.3, 0.4) is 0 Å². The van der Waals surface area contributed by atoms with Crippen LogP contribution in [-0.2, 0) is 22.4 Å². The molecule has 1 fully saturated rings. The molecule has 2 amide bonds. The Kier molecular flexibility index (Phi) is 4.16. The zero-order valence-electron chi connectivity index (χ0n) is 13.0. The van der Waals surface area contributed by atoms with Crippen LogP contribution in [0.2, 0.25) is 0 Å². The fraction of sp³-hybridized carbons (Fsp3) is 0.529. The van der Waals surface area contributed by atoms with E-state index in [1.54, 1.807) is 7.05 Å². The molecule has 2 N–H and O–H groups in total. The van der Waals surface area contributed by atoms with Gasteiger partial charge in [-0.25, -0.2) is 0 Å². The highest BCUT2D eigenvalue weighted by molar-refractivity contribution is 6.34. The zero-order valence-corrected chi connectivity index (χ0v) is 13.0. The Morgan fingerprint density at radius 3 is 2.45 bits per heavy atom. The lowest BCUT2D eigenvalue weighted by atomic mass is 10.0. The predicted octanol–water partition coefficient (Wildman–Crippen LogP) is 0.562. The number of benzene rings is 1. The minimum atomic E-state index is -0.868. The number of likely N-dealkylation sites (tertiary alicyclic amines) is 1. The number of likely N-dealkylation sites (N-methyl/N-ethyl adjacent to an activating group) is 1. The maximum absolute atomic E-state index is 11.8. The Hall–Kier alpha value is -1.88. The number of carbonyl (C=O) groups is 2. The normalized spacial score (nSPS) is 22.3. The fourth-order valence-electron chi connectivity index (χ4n) is 3.76. The van der Waals surface area contributed by atoms with Crippen molar-refractivity contribution in [1.82, 2.24) is 9.80 Å². The first-order valence-corrected chi connectivity index (χ1v) is 7.93. The van der Waals surface area contributed by atoms with Crippen molar-refractivity contribution in [2.75, 3.05) is 20.1 Å². The van der Waals surface area contributed by atoms with E-state index in [2.05, 4.69) is 29.2 Å². The molecule has 0 bridgehead atoms. The smallest absolute Gasteiger partial charge is 0.311 e. The lowest BCUT2D eigenvalue weighted by Crippen LogP contribution is -2.53. The standard InChI is InChI=1S/C17H23N3O2/c1-19(17(22)16(18)21)14-7-4-8-20(11-14)15-9-12-5-2-3-6-13(12)10-15/h2-3,5-6,14-15H,4,7-11H2,1H3,(H2,18,21)/t14-/m0/s1. The second-order valence-corrected chi connectivity index (χ2v) is 6.40. The molecule has 118 valence electrons. The SMILES string of the molecule is CN(C(=O)C(N)=O)[C@H]1CCCN(C2Cc3ccccc3C2)C1. The van der Waals surface area contributed by atoms with E-state index >= 15 is 0 Å². The molecule has 1 aromatic rings. The van der Waals surface area contributed by atoms with Gasteiger partial charge in [0, 0.05) is 25.7 Å². The number of amides is 2. The average molecular weight is 301 g/mol. The molecule has 22 heavy (non-hydrogen) atoms. The summed E-state index contributed by atoms with van der Waals surface area (Å²) in [4.78, 5) is 26.9. The molecule has 0 unspecified atom stereocenters. The summed E-state index contributed by atoms with van der Waals surface area (Å²) in [6.07, 6.45) is 4.15. The largest absolute Gasteiger partial charge is 0.361 e. The third-order valence-corrected chi connectivity index (χ3v) is 5.05. The molecule has 0 radical (unpaired) electrons. The summed E-state index contributed by atoms with van der Waals surface area (Å²) in [7, 11) is 1.69. The first-order valence-electron chi connectivity index (χ1n) is 7.93. The van der Waals surface area contributed by atoms with Crippen LogP contribution in [0.5, 0.6) is 0 Å². The third-order valence-electron chi connectivity index (χ3n) is 5.05. The van der Waals surface area contributed by atoms with Crippen LogP contribution >= 0.6 is 0 Å². The van der Waals surface area contributed by atoms with Crippen molar-refractivity contribution in [2.45, 2.75) is 37.8 Å². The van der Waals surface area contributed by atoms with Gasteiger partial charge in [0.25, 0.3) is 0 Å². The first kappa shape index (κ1) is 15.0. The summed E-state index contributed by atoms with van der Waals surface area (Å²) in [5.41, 5.74) is 8.00. The van der Waals surface area contributed by atoms with Gasteiger partial charge in [-0.3, -0.25) is 14.5 Å². The molecule has 0 spiro atoms. The Labute approximate surface area is 131 Å². The number of hydrogen-bond donors (Lipinski definition) is 1. The van der Waals surface area contributed by atoms with E-state index in [1.165, 1.54) is 16.0 Å². The van der Waals surface area contributed by atoms with Gasteiger partial charge in [-0.15, -0.1) is 0 Å². The molecular formula is C17H23N3O2. The second-order valence-electron chi connectivity index (χ2n) is 6.40. The number of primary amides is 1. The number of hydrogen-bond acceptors (Lipinski definition) is 3. The molecule has 5 heteroatoms. The zero-order chi connectivity index (χ0) is 15.7. The summed E-state index contributed by atoms with van der Waals surface area (Å²) in [6.45, 7) is 1.89. The fourth-order valence-corrected chi connectivity index (χ4v) is 3.76. The summed E-state index contributed by atoms with van der Waals surface area (Å²) in [5.74, 6) is -1.45. The minimum absolute atomic E-state index is 0.0810. The maximum atomic E-state index is 11.8. The second kappa shape index (κ2) is 6.08. The number of fused-ring (bicyclic) bond motifs is 1. The number of piperidine rings is 1. The van der Waals surface area contributed by atoms with E-state index in [0.717, 1.165) is 38.8 Å². The highest BCUT2D eigenvalue weighted by atomic mass is 16.2. The van der Waals surface area contributed by atoms with Gasteiger partial charge in [-0.1, -0.05) is 24.3 Å². The summed E-state index contributed by atoms with van der Waals surface area (Å²) in [6, 6.07) is 9.20. The summed E-state index contributed by atoms with van der Waals surface area (Å²) < 4.78 is 0. The molecule has 5 nitrogen and oxygen atoms in total. The molecule has 1 aromatic carbocycles. The quantitative estimate of drug-likeness (QED) is 0.812. The summed E-state index contributed by atoms with van der Waals surface area (Å²) >= 11 is 0. The molecule has 1 aliphatic heterocycles. The van der Waals surface area contributed by atoms with Crippen molar-refractivity contribution in [3.63, 3.8) is 0 Å². The number of nitrogens with zero attached hydrogens (tertiary/aromatic N) is 2. The lowest BCUT2D eigenvalue weighted by Gasteiger charge is -2.40. The van der Waals surface area contributed by atoms with Crippen LogP contribution in [0.15, 0.2) is 24.3 Å². The van der Waals surface area contributed by atoms with Gasteiger partial charge in [0.1, 0.15) is 0 Å². The molecule has 3 rings (SSSR count). The van der Waals surface area contributed by atoms with Gasteiger partial charge in [-0.2, -0.15) is 0 Å². The number of nitrogens with two attached hydrogens (primary N) is 1. The van der Waals surface area contributed by atoms with Crippen LogP contribution in [0, 0.1) is 0 Å². The Bertz CT molecular complexity index is 562. The van der Waals surface area contributed by atoms with E-state index in [4.69, 9.17) is 5.73 Å². The van der Waals surface area contributed by atoms with Crippen LogP contribution < -0.4 is 5.73 Å². The minimum Gasteiger partial charge on any atom is -0.361 e. The Morgan fingerprint density at radius 2 is 1.86 bits per heavy atom. The lowest BCUT2D eigenvalue weighted by molar-refractivity contribution is -0.145. The predicted molar refractivity (Wildman–Crippen MR) is 84.2 cm³/mol. The van der Waals surface area contributed by atoms with E-state index in [-0.39, 0.29) is 6.04 Å². The molecular weight excluding hydrogens is 278 g/mol. The highest BCUT2D eigenvalue weighted by Gasteiger charge is 2.33. The van der Waals surface area contributed by atoms with E-state index in [9.17, 15) is 9.59 Å². The van der Waals surface area contributed by atoms with Gasteiger partial charge < -0.3 is 10.6 Å². The van der Waals surface area contributed by atoms with Crippen molar-refractivity contribution >= 4 is 11.8 Å². The van der Waals surface area contributed by atoms with E-state index in [0.29, 0.717) is 6.04 Å². The molecule has 1 heterocycles. The van der Waals surface area contributed by atoms with Crippen LogP contribution in [0.4, 0.5) is 0 Å². The van der Waals surface area contributed by atoms with Crippen LogP contribution in [-0.4, -0.2) is 53.8 Å². The molecule has 1 aliphatic carbocycles. The monoisotopic (exact) mass is 301 g/mol. The van der Waals surface area contributed by atoms with Crippen molar-refractivity contribution < 1.29 is 9.59 Å². The first-order chi connectivity index (χ1) is 10.6. The maximum Gasteiger partial charge on any atom is 0.311 e. The van der Waals surface area contributed by atoms with Gasteiger partial charge in [0.05, 0.1) is 0 Å². The summed E-state index contributed by atoms with van der Waals surface area (Å²) in [5, 5.41) is 0. The van der Waals surface area contributed by atoms with E-state index in [1.807, 2.05) is 0 Å². The van der Waals surface area contributed by atoms with Crippen molar-refractivity contribution in [2.24, 2.45) is 5.73 Å². The van der Waals surface area contributed by atoms with Crippen molar-refractivity contribution in [3.8, 4) is 0 Å². The number of rotatable bonds is 2.